The van der Waals surface area contributed by atoms with Crippen molar-refractivity contribution >= 4 is 0 Å². The lowest BCUT2D eigenvalue weighted by atomic mass is 10.4. The average Bonchev–Trinajstić information content (AvgIpc) is 1.89. The molecule has 56 valence electrons. The van der Waals surface area contributed by atoms with Crippen LogP contribution in [0.15, 0.2) is 0 Å². The molecule has 2 N–H and O–H groups in total. The van der Waals surface area contributed by atoms with E-state index in [1.807, 2.05) is 0 Å². The Morgan fingerprint density at radius 1 is 1.22 bits per heavy atom. The Labute approximate surface area is 55.1 Å². The van der Waals surface area contributed by atoms with Crippen molar-refractivity contribution in [2.24, 2.45) is 0 Å². The molecule has 0 saturated carbocycles. The van der Waals surface area contributed by atoms with Gasteiger partial charge in [-0.3, -0.25) is 4.39 Å². The van der Waals surface area contributed by atoms with Gasteiger partial charge in [0.2, 0.25) is 0 Å². The maximum absolute atomic E-state index is 11.4. The molecule has 0 aromatic carbocycles. The predicted molar refractivity (Wildman–Crippen MR) is 35.2 cm³/mol. The zero-order valence-corrected chi connectivity index (χ0v) is 5.57. The molecule has 0 aliphatic heterocycles. The van der Waals surface area contributed by atoms with Crippen LogP contribution in [0.2, 0.25) is 0 Å². The highest BCUT2D eigenvalue weighted by Crippen LogP contribution is 1.77. The zero-order valence-electron chi connectivity index (χ0n) is 5.57. The first-order valence-corrected chi connectivity index (χ1v) is 3.29. The third kappa shape index (κ3) is 7.85. The van der Waals surface area contributed by atoms with E-state index in [0.29, 0.717) is 6.42 Å². The molecule has 0 saturated heterocycles. The summed E-state index contributed by atoms with van der Waals surface area (Å²) >= 11 is 0. The van der Waals surface area contributed by atoms with E-state index in [2.05, 4.69) is 5.32 Å². The van der Waals surface area contributed by atoms with Crippen LogP contribution in [0.25, 0.3) is 0 Å². The van der Waals surface area contributed by atoms with Gasteiger partial charge in [-0.15, -0.1) is 0 Å². The summed E-state index contributed by atoms with van der Waals surface area (Å²) in [5, 5.41) is 11.3. The molecule has 0 unspecified atom stereocenters. The van der Waals surface area contributed by atoms with Crippen LogP contribution >= 0.6 is 0 Å². The van der Waals surface area contributed by atoms with Crippen LogP contribution in [0, 0.1) is 0 Å². The van der Waals surface area contributed by atoms with E-state index < -0.39 is 0 Å². The van der Waals surface area contributed by atoms with Gasteiger partial charge in [-0.25, -0.2) is 0 Å². The van der Waals surface area contributed by atoms with Gasteiger partial charge in [-0.05, 0) is 25.9 Å². The Morgan fingerprint density at radius 2 is 1.89 bits per heavy atom. The maximum atomic E-state index is 11.4. The topological polar surface area (TPSA) is 32.3 Å². The molecule has 0 amide bonds. The summed E-state index contributed by atoms with van der Waals surface area (Å²) in [4.78, 5) is 0. The number of aliphatic hydroxyl groups excluding tert-OH is 1. The number of nitrogens with one attached hydrogen (secondary N) is 1. The van der Waals surface area contributed by atoms with Gasteiger partial charge in [0.15, 0.2) is 0 Å². The summed E-state index contributed by atoms with van der Waals surface area (Å²) in [6.07, 6.45) is 1.33. The molecule has 9 heavy (non-hydrogen) atoms. The Hall–Kier alpha value is -0.150. The van der Waals surface area contributed by atoms with E-state index in [-0.39, 0.29) is 13.3 Å². The van der Waals surface area contributed by atoms with Crippen molar-refractivity contribution in [3.63, 3.8) is 0 Å². The molecule has 0 aliphatic carbocycles. The predicted octanol–water partition coefficient (Wildman–Crippen LogP) is 0.318. The molecule has 3 heteroatoms. The van der Waals surface area contributed by atoms with Crippen LogP contribution < -0.4 is 5.32 Å². The van der Waals surface area contributed by atoms with Crippen molar-refractivity contribution in [1.82, 2.24) is 5.32 Å². The number of hydrogen-bond acceptors (Lipinski definition) is 2. The molecule has 0 spiro atoms. The minimum Gasteiger partial charge on any atom is -0.396 e. The molecular weight excluding hydrogens is 121 g/mol. The van der Waals surface area contributed by atoms with Crippen molar-refractivity contribution in [3.8, 4) is 0 Å². The molecular formula is C6H14FNO. The van der Waals surface area contributed by atoms with E-state index >= 15 is 0 Å². The standard InChI is InChI=1S/C6H14FNO/c7-3-1-4-8-5-2-6-9/h8-9H,1-6H2. The van der Waals surface area contributed by atoms with Crippen molar-refractivity contribution < 1.29 is 9.50 Å². The number of hydrogen-bond donors (Lipinski definition) is 2. The van der Waals surface area contributed by atoms with E-state index in [1.54, 1.807) is 0 Å². The molecule has 0 fully saturated rings. The van der Waals surface area contributed by atoms with Gasteiger partial charge in [0.05, 0.1) is 6.67 Å². The second-order valence-corrected chi connectivity index (χ2v) is 1.87. The fourth-order valence-corrected chi connectivity index (χ4v) is 0.521. The van der Waals surface area contributed by atoms with Gasteiger partial charge < -0.3 is 10.4 Å². The van der Waals surface area contributed by atoms with Crippen molar-refractivity contribution in [1.29, 1.82) is 0 Å². The van der Waals surface area contributed by atoms with E-state index in [0.717, 1.165) is 19.5 Å². The van der Waals surface area contributed by atoms with Crippen molar-refractivity contribution in [2.75, 3.05) is 26.4 Å². The van der Waals surface area contributed by atoms with Crippen LogP contribution in [-0.4, -0.2) is 31.5 Å². The largest absolute Gasteiger partial charge is 0.396 e. The summed E-state index contributed by atoms with van der Waals surface area (Å²) in [7, 11) is 0. The van der Waals surface area contributed by atoms with Crippen molar-refractivity contribution in [2.45, 2.75) is 12.8 Å². The van der Waals surface area contributed by atoms with Crippen molar-refractivity contribution in [3.05, 3.63) is 0 Å². The van der Waals surface area contributed by atoms with E-state index in [4.69, 9.17) is 5.11 Å². The molecule has 2 nitrogen and oxygen atoms in total. The van der Waals surface area contributed by atoms with Gasteiger partial charge in [0.25, 0.3) is 0 Å². The number of aliphatic hydroxyl groups is 1. The second-order valence-electron chi connectivity index (χ2n) is 1.87. The molecule has 0 aliphatic rings. The Kier molecular flexibility index (Phi) is 7.72. The third-order valence-electron chi connectivity index (χ3n) is 0.999. The van der Waals surface area contributed by atoms with Crippen LogP contribution in [0.4, 0.5) is 4.39 Å². The number of alkyl halides is 1. The summed E-state index contributed by atoms with van der Waals surface area (Å²) in [6.45, 7) is 1.46. The van der Waals surface area contributed by atoms with Gasteiger partial charge in [0.1, 0.15) is 0 Å². The fourth-order valence-electron chi connectivity index (χ4n) is 0.521. The van der Waals surface area contributed by atoms with E-state index in [1.165, 1.54) is 0 Å². The normalized spacial score (nSPS) is 10.0. The lowest BCUT2D eigenvalue weighted by Crippen LogP contribution is -2.17. The van der Waals surface area contributed by atoms with Gasteiger partial charge >= 0.3 is 0 Å². The molecule has 0 atom stereocenters. The fraction of sp³-hybridized carbons (Fsp3) is 1.00. The van der Waals surface area contributed by atoms with Gasteiger partial charge in [0, 0.05) is 6.61 Å². The minimum absolute atomic E-state index is 0.211. The first kappa shape index (κ1) is 8.85. The molecule has 0 aromatic heterocycles. The first-order valence-electron chi connectivity index (χ1n) is 3.29. The van der Waals surface area contributed by atoms with Crippen LogP contribution in [-0.2, 0) is 0 Å². The van der Waals surface area contributed by atoms with Crippen LogP contribution in [0.3, 0.4) is 0 Å². The lowest BCUT2D eigenvalue weighted by Gasteiger charge is -1.98. The third-order valence-corrected chi connectivity index (χ3v) is 0.999. The molecule has 0 heterocycles. The van der Waals surface area contributed by atoms with Gasteiger partial charge in [-0.2, -0.15) is 0 Å². The molecule has 0 aromatic rings. The molecule has 0 rings (SSSR count). The van der Waals surface area contributed by atoms with Crippen LogP contribution in [0.5, 0.6) is 0 Å². The lowest BCUT2D eigenvalue weighted by molar-refractivity contribution is 0.285. The SMILES string of the molecule is OCCCNCCCF. The highest BCUT2D eigenvalue weighted by atomic mass is 19.1. The zero-order chi connectivity index (χ0) is 6.95. The number of rotatable bonds is 6. The second kappa shape index (κ2) is 7.85. The Balaban J connectivity index is 2.60. The van der Waals surface area contributed by atoms with Gasteiger partial charge in [-0.1, -0.05) is 0 Å². The molecule has 0 bridgehead atoms. The smallest absolute Gasteiger partial charge is 0.0906 e. The number of halogens is 1. The Bertz CT molecular complexity index is 46.3. The Morgan fingerprint density at radius 3 is 2.44 bits per heavy atom. The minimum atomic E-state index is -0.258. The van der Waals surface area contributed by atoms with E-state index in [9.17, 15) is 4.39 Å². The highest BCUT2D eigenvalue weighted by molar-refractivity contribution is 4.45. The highest BCUT2D eigenvalue weighted by Gasteiger charge is 1.85. The summed E-state index contributed by atoms with van der Waals surface area (Å²) < 4.78 is 11.4. The average molecular weight is 135 g/mol. The quantitative estimate of drug-likeness (QED) is 0.514. The summed E-state index contributed by atoms with van der Waals surface area (Å²) in [5.41, 5.74) is 0. The molecule has 0 radical (unpaired) electrons. The summed E-state index contributed by atoms with van der Waals surface area (Å²) in [5.74, 6) is 0. The summed E-state index contributed by atoms with van der Waals surface area (Å²) in [6, 6.07) is 0. The maximum Gasteiger partial charge on any atom is 0.0906 e. The first-order chi connectivity index (χ1) is 4.41. The van der Waals surface area contributed by atoms with Crippen LogP contribution in [0.1, 0.15) is 12.8 Å². The monoisotopic (exact) mass is 135 g/mol.